The normalized spacial score (nSPS) is 16.8. The number of hydrogen-bond acceptors (Lipinski definition) is 3. The maximum atomic E-state index is 12.6. The number of H-pyrrole nitrogens is 1. The molecule has 1 aromatic heterocycles. The maximum Gasteiger partial charge on any atom is 0.253 e. The van der Waals surface area contributed by atoms with Crippen LogP contribution in [0.1, 0.15) is 37.8 Å². The smallest absolute Gasteiger partial charge is 0.253 e. The average molecular weight is 388 g/mol. The fourth-order valence-corrected chi connectivity index (χ4v) is 3.57. The van der Waals surface area contributed by atoms with Crippen LogP contribution >= 0.6 is 12.2 Å². The van der Waals surface area contributed by atoms with E-state index in [-0.39, 0.29) is 11.7 Å². The summed E-state index contributed by atoms with van der Waals surface area (Å²) in [6.07, 6.45) is 2.29. The second-order valence-electron chi connectivity index (χ2n) is 7.81. The Morgan fingerprint density at radius 3 is 2.93 bits per heavy atom. The largest absolute Gasteiger partial charge is 0.376 e. The second-order valence-corrected chi connectivity index (χ2v) is 8.20. The van der Waals surface area contributed by atoms with E-state index in [9.17, 15) is 4.79 Å². The summed E-state index contributed by atoms with van der Waals surface area (Å²) in [5, 5.41) is 5.06. The lowest BCUT2D eigenvalue weighted by atomic mass is 10.1. The Bertz CT molecular complexity index is 856. The van der Waals surface area contributed by atoms with Gasteiger partial charge in [-0.15, -0.1) is 0 Å². The lowest BCUT2D eigenvalue weighted by molar-refractivity contribution is 0.0896. The van der Waals surface area contributed by atoms with Gasteiger partial charge in [0.05, 0.1) is 12.6 Å². The first-order valence-corrected chi connectivity index (χ1v) is 10.1. The Morgan fingerprint density at radius 2 is 2.22 bits per heavy atom. The van der Waals surface area contributed by atoms with Gasteiger partial charge in [-0.3, -0.25) is 4.79 Å². The molecule has 2 heterocycles. The van der Waals surface area contributed by atoms with Crippen LogP contribution in [0, 0.1) is 12.8 Å². The van der Waals surface area contributed by atoms with Crippen molar-refractivity contribution in [3.8, 4) is 0 Å². The summed E-state index contributed by atoms with van der Waals surface area (Å²) in [6, 6.07) is 8.03. The Morgan fingerprint density at radius 1 is 1.41 bits per heavy atom. The number of hydrogen-bond donors (Lipinski definition) is 2. The van der Waals surface area contributed by atoms with Gasteiger partial charge in [0.1, 0.15) is 0 Å². The first-order chi connectivity index (χ1) is 12.9. The van der Waals surface area contributed by atoms with Gasteiger partial charge in [0.15, 0.2) is 5.11 Å². The molecule has 0 saturated carbocycles. The van der Waals surface area contributed by atoms with E-state index in [2.05, 4.69) is 42.0 Å². The first-order valence-electron chi connectivity index (χ1n) is 9.69. The summed E-state index contributed by atoms with van der Waals surface area (Å²) < 4.78 is 5.80. The molecule has 2 aromatic rings. The lowest BCUT2D eigenvalue weighted by Gasteiger charge is -2.28. The van der Waals surface area contributed by atoms with Crippen LogP contribution in [0.25, 0.3) is 10.9 Å². The number of aryl methyl sites for hydroxylation is 1. The zero-order valence-electron chi connectivity index (χ0n) is 16.4. The van der Waals surface area contributed by atoms with Gasteiger partial charge in [0, 0.05) is 30.8 Å². The van der Waals surface area contributed by atoms with Crippen LogP contribution in [0.15, 0.2) is 29.1 Å². The van der Waals surface area contributed by atoms with Crippen molar-refractivity contribution in [3.05, 3.63) is 45.7 Å². The van der Waals surface area contributed by atoms with Crippen LogP contribution in [0.4, 0.5) is 0 Å². The van der Waals surface area contributed by atoms with Crippen molar-refractivity contribution in [2.75, 3.05) is 19.7 Å². The number of fused-ring (bicyclic) bond motifs is 1. The van der Waals surface area contributed by atoms with Gasteiger partial charge in [0.2, 0.25) is 0 Å². The monoisotopic (exact) mass is 387 g/mol. The SMILES string of the molecule is Cc1ccc2[nH]c(=O)c(CN(C[C@@H]3CCCO3)C(=S)NCC(C)C)cc2c1. The van der Waals surface area contributed by atoms with Crippen molar-refractivity contribution < 1.29 is 4.74 Å². The molecule has 1 aliphatic rings. The number of benzene rings is 1. The Balaban J connectivity index is 1.83. The predicted molar refractivity (Wildman–Crippen MR) is 114 cm³/mol. The molecule has 27 heavy (non-hydrogen) atoms. The van der Waals surface area contributed by atoms with Gasteiger partial charge in [-0.25, -0.2) is 0 Å². The summed E-state index contributed by atoms with van der Waals surface area (Å²) in [5.74, 6) is 0.500. The van der Waals surface area contributed by atoms with Gasteiger partial charge in [-0.1, -0.05) is 25.5 Å². The van der Waals surface area contributed by atoms with Crippen molar-refractivity contribution in [2.24, 2.45) is 5.92 Å². The van der Waals surface area contributed by atoms with Crippen LogP contribution in [0.2, 0.25) is 0 Å². The first kappa shape index (κ1) is 19.8. The fourth-order valence-electron chi connectivity index (χ4n) is 3.35. The minimum atomic E-state index is -0.0599. The second kappa shape index (κ2) is 8.85. The van der Waals surface area contributed by atoms with E-state index >= 15 is 0 Å². The van der Waals surface area contributed by atoms with E-state index in [4.69, 9.17) is 17.0 Å². The molecular formula is C21H29N3O2S. The van der Waals surface area contributed by atoms with Crippen molar-refractivity contribution in [3.63, 3.8) is 0 Å². The number of nitrogens with one attached hydrogen (secondary N) is 2. The van der Waals surface area contributed by atoms with E-state index in [1.54, 1.807) is 0 Å². The van der Waals surface area contributed by atoms with Crippen molar-refractivity contribution in [1.82, 2.24) is 15.2 Å². The Labute approximate surface area is 166 Å². The Hall–Kier alpha value is -1.92. The molecule has 2 N–H and O–H groups in total. The molecule has 1 aliphatic heterocycles. The highest BCUT2D eigenvalue weighted by atomic mass is 32.1. The van der Waals surface area contributed by atoms with Crippen molar-refractivity contribution in [1.29, 1.82) is 0 Å². The van der Waals surface area contributed by atoms with Crippen LogP contribution in [-0.2, 0) is 11.3 Å². The topological polar surface area (TPSA) is 57.4 Å². The third-order valence-electron chi connectivity index (χ3n) is 4.83. The number of aromatic amines is 1. The molecule has 3 rings (SSSR count). The molecule has 0 spiro atoms. The van der Waals surface area contributed by atoms with Crippen LogP contribution < -0.4 is 10.9 Å². The number of pyridine rings is 1. The molecule has 146 valence electrons. The third-order valence-corrected chi connectivity index (χ3v) is 5.24. The number of ether oxygens (including phenoxy) is 1. The molecule has 0 amide bonds. The fraction of sp³-hybridized carbons (Fsp3) is 0.524. The molecule has 0 unspecified atom stereocenters. The number of rotatable bonds is 6. The van der Waals surface area contributed by atoms with Crippen molar-refractivity contribution in [2.45, 2.75) is 46.3 Å². The van der Waals surface area contributed by atoms with Gasteiger partial charge in [0.25, 0.3) is 5.56 Å². The standard InChI is InChI=1S/C21H29N3O2S/c1-14(2)11-22-21(27)24(13-18-5-4-8-26-18)12-17-10-16-9-15(3)6-7-19(16)23-20(17)25/h6-7,9-10,14,18H,4-5,8,11-13H2,1-3H3,(H,22,27)(H,23,25)/t18-/m0/s1. The Kier molecular flexibility index (Phi) is 6.50. The molecule has 1 fully saturated rings. The minimum absolute atomic E-state index is 0.0599. The van der Waals surface area contributed by atoms with Gasteiger partial charge >= 0.3 is 0 Å². The highest BCUT2D eigenvalue weighted by Gasteiger charge is 2.22. The third kappa shape index (κ3) is 5.30. The predicted octanol–water partition coefficient (Wildman–Crippen LogP) is 3.35. The maximum absolute atomic E-state index is 12.6. The summed E-state index contributed by atoms with van der Waals surface area (Å²) in [6.45, 7) is 9.15. The van der Waals surface area contributed by atoms with E-state index < -0.39 is 0 Å². The van der Waals surface area contributed by atoms with Gasteiger partial charge in [-0.05, 0) is 61.5 Å². The van der Waals surface area contributed by atoms with Crippen molar-refractivity contribution >= 4 is 28.2 Å². The molecule has 1 aromatic carbocycles. The van der Waals surface area contributed by atoms with Crippen LogP contribution in [-0.4, -0.2) is 40.8 Å². The molecule has 0 radical (unpaired) electrons. The van der Waals surface area contributed by atoms with E-state index in [0.717, 1.165) is 42.5 Å². The highest BCUT2D eigenvalue weighted by Crippen LogP contribution is 2.17. The van der Waals surface area contributed by atoms with Gasteiger partial charge in [-0.2, -0.15) is 0 Å². The molecular weight excluding hydrogens is 358 g/mol. The lowest BCUT2D eigenvalue weighted by Crippen LogP contribution is -2.44. The zero-order chi connectivity index (χ0) is 19.4. The molecule has 0 bridgehead atoms. The molecule has 0 aliphatic carbocycles. The number of nitrogens with zero attached hydrogens (tertiary/aromatic N) is 1. The minimum Gasteiger partial charge on any atom is -0.376 e. The molecule has 1 atom stereocenters. The molecule has 5 nitrogen and oxygen atoms in total. The molecule has 1 saturated heterocycles. The van der Waals surface area contributed by atoms with Crippen LogP contribution in [0.5, 0.6) is 0 Å². The van der Waals surface area contributed by atoms with Gasteiger partial charge < -0.3 is 19.9 Å². The molecule has 6 heteroatoms. The summed E-state index contributed by atoms with van der Waals surface area (Å²) >= 11 is 5.63. The summed E-state index contributed by atoms with van der Waals surface area (Å²) in [5.41, 5.74) is 2.70. The summed E-state index contributed by atoms with van der Waals surface area (Å²) in [4.78, 5) is 17.7. The zero-order valence-corrected chi connectivity index (χ0v) is 17.2. The van der Waals surface area contributed by atoms with E-state index in [0.29, 0.717) is 24.1 Å². The van der Waals surface area contributed by atoms with E-state index in [1.165, 1.54) is 5.56 Å². The number of thiocarbonyl (C=S) groups is 1. The number of aromatic nitrogens is 1. The highest BCUT2D eigenvalue weighted by molar-refractivity contribution is 7.80. The summed E-state index contributed by atoms with van der Waals surface area (Å²) in [7, 11) is 0. The quantitative estimate of drug-likeness (QED) is 0.745. The van der Waals surface area contributed by atoms with E-state index in [1.807, 2.05) is 18.2 Å². The average Bonchev–Trinajstić information content (AvgIpc) is 3.13. The van der Waals surface area contributed by atoms with Crippen LogP contribution in [0.3, 0.4) is 0 Å².